The van der Waals surface area contributed by atoms with Crippen LogP contribution < -0.4 is 0 Å². The van der Waals surface area contributed by atoms with Gasteiger partial charge in [-0.2, -0.15) is 0 Å². The molecule has 0 aromatic heterocycles. The first-order valence-electron chi connectivity index (χ1n) is 7.56. The molecule has 82 valence electrons. The molecule has 0 N–H and O–H groups in total. The molecule has 0 radical (unpaired) electrons. The molecule has 0 saturated carbocycles. The van der Waals surface area contributed by atoms with E-state index in [1.165, 1.54) is 10.8 Å². The maximum absolute atomic E-state index is 8.26. The summed E-state index contributed by atoms with van der Waals surface area (Å²) < 4.78 is 24.5. The van der Waals surface area contributed by atoms with Crippen LogP contribution in [0.15, 0.2) is 60.6 Å². The standard InChI is InChI=1S/C18H10/c1-3-11-7-9-13-10-8-12-4-2-6-15-14(5-1)16(11)18(13)17(12)15/h1-10H/i1D,3D,7D. The predicted molar refractivity (Wildman–Crippen MR) is 78.0 cm³/mol. The maximum Gasteiger partial charge on any atom is 0.0629 e. The molecule has 0 fully saturated rings. The van der Waals surface area contributed by atoms with Crippen molar-refractivity contribution >= 4 is 32.3 Å². The molecule has 5 rings (SSSR count). The van der Waals surface area contributed by atoms with Gasteiger partial charge in [-0.3, -0.25) is 0 Å². The normalized spacial score (nSPS) is 14.8. The molecule has 0 heteroatoms. The van der Waals surface area contributed by atoms with E-state index in [0.29, 0.717) is 11.4 Å². The van der Waals surface area contributed by atoms with E-state index >= 15 is 0 Å². The first-order valence-corrected chi connectivity index (χ1v) is 6.06. The molecule has 4 aromatic carbocycles. The van der Waals surface area contributed by atoms with Crippen molar-refractivity contribution in [3.63, 3.8) is 0 Å². The first-order chi connectivity index (χ1) is 10.2. The Morgan fingerprint density at radius 1 is 0.611 bits per heavy atom. The van der Waals surface area contributed by atoms with Crippen LogP contribution in [0, 0.1) is 0 Å². The Labute approximate surface area is 109 Å². The zero-order valence-electron chi connectivity index (χ0n) is 12.5. The van der Waals surface area contributed by atoms with E-state index in [1.54, 1.807) is 6.07 Å². The molecule has 0 saturated heterocycles. The van der Waals surface area contributed by atoms with E-state index in [4.69, 9.17) is 4.11 Å². The summed E-state index contributed by atoms with van der Waals surface area (Å²) in [6, 6.07) is 14.6. The van der Waals surface area contributed by atoms with Gasteiger partial charge in [-0.15, -0.1) is 0 Å². The molecule has 18 heavy (non-hydrogen) atoms. The quantitative estimate of drug-likeness (QED) is 0.323. The van der Waals surface area contributed by atoms with Crippen molar-refractivity contribution in [2.45, 2.75) is 0 Å². The summed E-state index contributed by atoms with van der Waals surface area (Å²) in [4.78, 5) is 0. The Kier molecular flexibility index (Phi) is 0.994. The predicted octanol–water partition coefficient (Wildman–Crippen LogP) is 5.13. The zero-order chi connectivity index (χ0) is 14.3. The van der Waals surface area contributed by atoms with Crippen LogP contribution in [0.4, 0.5) is 0 Å². The van der Waals surface area contributed by atoms with E-state index in [1.807, 2.05) is 18.2 Å². The van der Waals surface area contributed by atoms with E-state index < -0.39 is 0 Å². The molecule has 0 nitrogen and oxygen atoms in total. The fraction of sp³-hybridized carbons (Fsp3) is 0. The van der Waals surface area contributed by atoms with Gasteiger partial charge in [-0.05, 0) is 43.4 Å². The van der Waals surface area contributed by atoms with Crippen LogP contribution in [-0.4, -0.2) is 0 Å². The molecular weight excluding hydrogens is 216 g/mol. The molecule has 0 aliphatic heterocycles. The van der Waals surface area contributed by atoms with Gasteiger partial charge in [0.25, 0.3) is 0 Å². The minimum atomic E-state index is 0.158. The Hall–Kier alpha value is -2.34. The van der Waals surface area contributed by atoms with Crippen molar-refractivity contribution in [1.29, 1.82) is 0 Å². The van der Waals surface area contributed by atoms with Gasteiger partial charge in [0, 0.05) is 0 Å². The number of benzene rings is 4. The lowest BCUT2D eigenvalue weighted by atomic mass is 10.0. The molecule has 0 amide bonds. The summed E-state index contributed by atoms with van der Waals surface area (Å²) in [5.74, 6) is 0. The smallest absolute Gasteiger partial charge is 0.0610 e. The van der Waals surface area contributed by atoms with Crippen molar-refractivity contribution in [3.8, 4) is 11.1 Å². The van der Waals surface area contributed by atoms with Crippen LogP contribution in [0.2, 0.25) is 0 Å². The van der Waals surface area contributed by atoms with Crippen molar-refractivity contribution in [2.24, 2.45) is 0 Å². The van der Waals surface area contributed by atoms with E-state index in [-0.39, 0.29) is 12.1 Å². The lowest BCUT2D eigenvalue weighted by Crippen LogP contribution is -1.75. The van der Waals surface area contributed by atoms with Gasteiger partial charge >= 0.3 is 0 Å². The second-order valence-electron chi connectivity index (χ2n) is 4.80. The fourth-order valence-corrected chi connectivity index (χ4v) is 3.19. The third-order valence-electron chi connectivity index (χ3n) is 3.92. The summed E-state index contributed by atoms with van der Waals surface area (Å²) in [5, 5.41) is 6.13. The van der Waals surface area contributed by atoms with Crippen molar-refractivity contribution in [2.75, 3.05) is 0 Å². The van der Waals surface area contributed by atoms with Crippen LogP contribution in [0.25, 0.3) is 43.4 Å². The van der Waals surface area contributed by atoms with Crippen LogP contribution in [0.5, 0.6) is 0 Å². The van der Waals surface area contributed by atoms with Crippen LogP contribution >= 0.6 is 0 Å². The van der Waals surface area contributed by atoms with Gasteiger partial charge in [0.15, 0.2) is 0 Å². The van der Waals surface area contributed by atoms with Crippen LogP contribution in [0.1, 0.15) is 4.11 Å². The average Bonchev–Trinajstić information content (AvgIpc) is 2.80. The summed E-state index contributed by atoms with van der Waals surface area (Å²) in [7, 11) is 0. The average molecular weight is 229 g/mol. The number of hydrogen-bond acceptors (Lipinski definition) is 0. The van der Waals surface area contributed by atoms with E-state index in [2.05, 4.69) is 18.2 Å². The topological polar surface area (TPSA) is 0 Å². The SMILES string of the molecule is [2H]c1cc2c3c(c([2H])cc4ccc5cccc-2c5c43)c1[2H]. The minimum Gasteiger partial charge on any atom is -0.0610 e. The highest BCUT2D eigenvalue weighted by atomic mass is 14.2. The van der Waals surface area contributed by atoms with E-state index in [0.717, 1.165) is 27.3 Å². The van der Waals surface area contributed by atoms with Crippen LogP contribution in [0.3, 0.4) is 0 Å². The molecule has 4 aromatic rings. The number of rotatable bonds is 0. The third kappa shape index (κ3) is 0.820. The first kappa shape index (κ1) is 6.55. The Morgan fingerprint density at radius 3 is 2.33 bits per heavy atom. The monoisotopic (exact) mass is 229 g/mol. The molecule has 1 aliphatic carbocycles. The molecule has 0 heterocycles. The highest BCUT2D eigenvalue weighted by Gasteiger charge is 2.18. The Bertz CT molecular complexity index is 1110. The Morgan fingerprint density at radius 2 is 1.39 bits per heavy atom. The number of hydrogen-bond donors (Lipinski definition) is 0. The lowest BCUT2D eigenvalue weighted by Gasteiger charge is -2.02. The van der Waals surface area contributed by atoms with Gasteiger partial charge < -0.3 is 0 Å². The van der Waals surface area contributed by atoms with Crippen LogP contribution in [-0.2, 0) is 0 Å². The largest absolute Gasteiger partial charge is 0.0629 e. The molecule has 1 aliphatic rings. The summed E-state index contributed by atoms with van der Waals surface area (Å²) >= 11 is 0. The van der Waals surface area contributed by atoms with Gasteiger partial charge in [0.1, 0.15) is 0 Å². The number of fused-ring (bicyclic) bond motifs is 1. The Balaban J connectivity index is 2.26. The molecule has 0 atom stereocenters. The molecule has 0 bridgehead atoms. The second-order valence-corrected chi connectivity index (χ2v) is 4.80. The molecule has 0 spiro atoms. The highest BCUT2D eigenvalue weighted by molar-refractivity contribution is 6.32. The summed E-state index contributed by atoms with van der Waals surface area (Å²) in [6.45, 7) is 0. The molecule has 0 unspecified atom stereocenters. The van der Waals surface area contributed by atoms with Crippen molar-refractivity contribution in [3.05, 3.63) is 60.6 Å². The molecular formula is C18H10. The van der Waals surface area contributed by atoms with E-state index in [9.17, 15) is 0 Å². The maximum atomic E-state index is 8.26. The van der Waals surface area contributed by atoms with Crippen molar-refractivity contribution in [1.82, 2.24) is 0 Å². The highest BCUT2D eigenvalue weighted by Crippen LogP contribution is 2.46. The van der Waals surface area contributed by atoms with Gasteiger partial charge in [0.2, 0.25) is 0 Å². The summed E-state index contributed by atoms with van der Waals surface area (Å²) in [5.41, 5.74) is 2.12. The van der Waals surface area contributed by atoms with Gasteiger partial charge in [0.05, 0.1) is 4.11 Å². The van der Waals surface area contributed by atoms with Gasteiger partial charge in [-0.25, -0.2) is 0 Å². The third-order valence-corrected chi connectivity index (χ3v) is 3.92. The minimum absolute atomic E-state index is 0.158. The summed E-state index contributed by atoms with van der Waals surface area (Å²) in [6.07, 6.45) is 0. The van der Waals surface area contributed by atoms with Crippen molar-refractivity contribution < 1.29 is 4.11 Å². The lowest BCUT2D eigenvalue weighted by molar-refractivity contribution is 1.77. The van der Waals surface area contributed by atoms with Gasteiger partial charge in [-0.1, -0.05) is 60.6 Å². The fourth-order valence-electron chi connectivity index (χ4n) is 3.19. The second kappa shape index (κ2) is 2.73. The zero-order valence-corrected chi connectivity index (χ0v) is 9.54.